The molecule has 0 N–H and O–H groups in total. The van der Waals surface area contributed by atoms with Gasteiger partial charge < -0.3 is 9.47 Å². The number of rotatable bonds is 7. The van der Waals surface area contributed by atoms with Crippen LogP contribution in [0.25, 0.3) is 0 Å². The molecule has 2 aromatic rings. The SMILES string of the molecule is CCCOc1ccc(Cl)cc1C=Nc1ccc(OCC)cc1. The first-order valence-corrected chi connectivity index (χ1v) is 7.80. The topological polar surface area (TPSA) is 30.8 Å². The van der Waals surface area contributed by atoms with Gasteiger partial charge >= 0.3 is 0 Å². The van der Waals surface area contributed by atoms with Gasteiger partial charge in [0.2, 0.25) is 0 Å². The molecule has 0 heterocycles. The minimum atomic E-state index is 0.656. The van der Waals surface area contributed by atoms with Gasteiger partial charge in [-0.25, -0.2) is 0 Å². The Hall–Kier alpha value is -2.00. The van der Waals surface area contributed by atoms with E-state index in [1.165, 1.54) is 0 Å². The zero-order valence-corrected chi connectivity index (χ0v) is 13.6. The Morgan fingerprint density at radius 3 is 2.50 bits per heavy atom. The van der Waals surface area contributed by atoms with E-state index in [9.17, 15) is 0 Å². The molecule has 2 aromatic carbocycles. The summed E-state index contributed by atoms with van der Waals surface area (Å²) in [7, 11) is 0. The molecule has 0 fully saturated rings. The minimum absolute atomic E-state index is 0.656. The highest BCUT2D eigenvalue weighted by Gasteiger charge is 2.02. The number of ether oxygens (including phenoxy) is 2. The number of hydrogen-bond acceptors (Lipinski definition) is 3. The van der Waals surface area contributed by atoms with Gasteiger partial charge in [-0.15, -0.1) is 0 Å². The molecule has 116 valence electrons. The largest absolute Gasteiger partial charge is 0.494 e. The average molecular weight is 318 g/mol. The lowest BCUT2D eigenvalue weighted by atomic mass is 10.2. The number of benzene rings is 2. The van der Waals surface area contributed by atoms with Crippen LogP contribution in [0.3, 0.4) is 0 Å². The average Bonchev–Trinajstić information content (AvgIpc) is 2.53. The van der Waals surface area contributed by atoms with Crippen LogP contribution in [0.2, 0.25) is 5.02 Å². The predicted octanol–water partition coefficient (Wildman–Crippen LogP) is 5.28. The highest BCUT2D eigenvalue weighted by Crippen LogP contribution is 2.23. The quantitative estimate of drug-likeness (QED) is 0.651. The van der Waals surface area contributed by atoms with Gasteiger partial charge in [-0.2, -0.15) is 0 Å². The van der Waals surface area contributed by atoms with Crippen LogP contribution in [0, 0.1) is 0 Å². The van der Waals surface area contributed by atoms with E-state index in [-0.39, 0.29) is 0 Å². The van der Waals surface area contributed by atoms with Crippen molar-refractivity contribution in [2.75, 3.05) is 13.2 Å². The van der Waals surface area contributed by atoms with E-state index in [2.05, 4.69) is 11.9 Å². The Labute approximate surface area is 136 Å². The second kappa shape index (κ2) is 8.44. The molecule has 22 heavy (non-hydrogen) atoms. The first-order valence-electron chi connectivity index (χ1n) is 7.42. The van der Waals surface area contributed by atoms with E-state index in [0.717, 1.165) is 29.2 Å². The fraction of sp³-hybridized carbons (Fsp3) is 0.278. The fourth-order valence-corrected chi connectivity index (χ4v) is 2.08. The van der Waals surface area contributed by atoms with Gasteiger partial charge in [0.25, 0.3) is 0 Å². The zero-order valence-electron chi connectivity index (χ0n) is 12.9. The maximum absolute atomic E-state index is 6.05. The molecule has 0 amide bonds. The van der Waals surface area contributed by atoms with E-state index >= 15 is 0 Å². The molecule has 0 bridgehead atoms. The zero-order chi connectivity index (χ0) is 15.8. The molecule has 0 saturated carbocycles. The lowest BCUT2D eigenvalue weighted by Crippen LogP contribution is -1.98. The number of halogens is 1. The molecule has 0 aliphatic heterocycles. The van der Waals surface area contributed by atoms with Crippen molar-refractivity contribution in [3.05, 3.63) is 53.1 Å². The van der Waals surface area contributed by atoms with E-state index in [4.69, 9.17) is 21.1 Å². The summed E-state index contributed by atoms with van der Waals surface area (Å²) in [4.78, 5) is 4.47. The van der Waals surface area contributed by atoms with E-state index in [1.54, 1.807) is 6.21 Å². The molecule has 0 unspecified atom stereocenters. The summed E-state index contributed by atoms with van der Waals surface area (Å²) in [5.74, 6) is 1.64. The molecule has 3 nitrogen and oxygen atoms in total. The van der Waals surface area contributed by atoms with Crippen LogP contribution < -0.4 is 9.47 Å². The van der Waals surface area contributed by atoms with Crippen molar-refractivity contribution >= 4 is 23.5 Å². The summed E-state index contributed by atoms with van der Waals surface area (Å²) in [6.07, 6.45) is 2.73. The summed E-state index contributed by atoms with van der Waals surface area (Å²) in [5.41, 5.74) is 1.72. The lowest BCUT2D eigenvalue weighted by Gasteiger charge is -2.08. The van der Waals surface area contributed by atoms with Gasteiger partial charge in [0.1, 0.15) is 11.5 Å². The Morgan fingerprint density at radius 1 is 1.05 bits per heavy atom. The maximum Gasteiger partial charge on any atom is 0.128 e. The minimum Gasteiger partial charge on any atom is -0.494 e. The van der Waals surface area contributed by atoms with Gasteiger partial charge in [0, 0.05) is 16.8 Å². The first kappa shape index (κ1) is 16.4. The summed E-state index contributed by atoms with van der Waals surface area (Å²) in [5, 5.41) is 0.664. The molecule has 0 radical (unpaired) electrons. The number of hydrogen-bond donors (Lipinski definition) is 0. The van der Waals surface area contributed by atoms with E-state index < -0.39 is 0 Å². The Kier molecular flexibility index (Phi) is 6.28. The van der Waals surface area contributed by atoms with Gasteiger partial charge in [-0.1, -0.05) is 18.5 Å². The molecule has 4 heteroatoms. The number of aliphatic imine (C=N–C) groups is 1. The summed E-state index contributed by atoms with van der Waals surface area (Å²) in [6, 6.07) is 13.2. The van der Waals surface area contributed by atoms with Crippen LogP contribution in [0.1, 0.15) is 25.8 Å². The van der Waals surface area contributed by atoms with Crippen molar-refractivity contribution in [3.63, 3.8) is 0 Å². The smallest absolute Gasteiger partial charge is 0.128 e. The normalized spacial score (nSPS) is 10.9. The van der Waals surface area contributed by atoms with Crippen molar-refractivity contribution in [2.45, 2.75) is 20.3 Å². The highest BCUT2D eigenvalue weighted by atomic mass is 35.5. The fourth-order valence-electron chi connectivity index (χ4n) is 1.90. The van der Waals surface area contributed by atoms with Crippen molar-refractivity contribution in [1.29, 1.82) is 0 Å². The van der Waals surface area contributed by atoms with Gasteiger partial charge in [-0.05, 0) is 55.8 Å². The molecule has 0 saturated heterocycles. The summed E-state index contributed by atoms with van der Waals surface area (Å²) < 4.78 is 11.1. The predicted molar refractivity (Wildman–Crippen MR) is 92.1 cm³/mol. The third kappa shape index (κ3) is 4.78. The monoisotopic (exact) mass is 317 g/mol. The van der Waals surface area contributed by atoms with Crippen LogP contribution in [-0.2, 0) is 0 Å². The molecule has 2 rings (SSSR count). The second-order valence-corrected chi connectivity index (χ2v) is 5.15. The highest BCUT2D eigenvalue weighted by molar-refractivity contribution is 6.30. The van der Waals surface area contributed by atoms with Gasteiger partial charge in [0.05, 0.1) is 18.9 Å². The van der Waals surface area contributed by atoms with Crippen LogP contribution in [0.15, 0.2) is 47.5 Å². The van der Waals surface area contributed by atoms with E-state index in [0.29, 0.717) is 18.2 Å². The molecule has 0 aliphatic rings. The standard InChI is InChI=1S/C18H20ClNO2/c1-3-11-22-18-10-5-15(19)12-14(18)13-20-16-6-8-17(9-7-16)21-4-2/h5-10,12-13H,3-4,11H2,1-2H3. The van der Waals surface area contributed by atoms with Crippen LogP contribution in [0.5, 0.6) is 11.5 Å². The van der Waals surface area contributed by atoms with Crippen molar-refractivity contribution < 1.29 is 9.47 Å². The second-order valence-electron chi connectivity index (χ2n) is 4.72. The maximum atomic E-state index is 6.05. The number of nitrogens with zero attached hydrogens (tertiary/aromatic N) is 1. The third-order valence-electron chi connectivity index (χ3n) is 2.93. The van der Waals surface area contributed by atoms with Crippen molar-refractivity contribution in [3.8, 4) is 11.5 Å². The van der Waals surface area contributed by atoms with Crippen molar-refractivity contribution in [2.24, 2.45) is 4.99 Å². The van der Waals surface area contributed by atoms with Gasteiger partial charge in [-0.3, -0.25) is 4.99 Å². The Morgan fingerprint density at radius 2 is 1.82 bits per heavy atom. The summed E-state index contributed by atoms with van der Waals surface area (Å²) in [6.45, 7) is 5.36. The van der Waals surface area contributed by atoms with Gasteiger partial charge in [0.15, 0.2) is 0 Å². The molecule has 0 spiro atoms. The summed E-state index contributed by atoms with van der Waals surface area (Å²) >= 11 is 6.05. The molecule has 0 atom stereocenters. The third-order valence-corrected chi connectivity index (χ3v) is 3.17. The van der Waals surface area contributed by atoms with Crippen LogP contribution in [-0.4, -0.2) is 19.4 Å². The lowest BCUT2D eigenvalue weighted by molar-refractivity contribution is 0.317. The van der Waals surface area contributed by atoms with Crippen molar-refractivity contribution in [1.82, 2.24) is 0 Å². The first-order chi connectivity index (χ1) is 10.7. The van der Waals surface area contributed by atoms with Crippen LogP contribution >= 0.6 is 11.6 Å². The van der Waals surface area contributed by atoms with Crippen LogP contribution in [0.4, 0.5) is 5.69 Å². The Bertz CT molecular complexity index is 623. The molecule has 0 aliphatic carbocycles. The van der Waals surface area contributed by atoms with E-state index in [1.807, 2.05) is 49.4 Å². The molecular weight excluding hydrogens is 298 g/mol. The molecule has 0 aromatic heterocycles. The molecular formula is C18H20ClNO2. The Balaban J connectivity index is 2.15.